The second-order valence-corrected chi connectivity index (χ2v) is 13.1. The second kappa shape index (κ2) is 19.9. The zero-order valence-corrected chi connectivity index (χ0v) is 30.4. The molecule has 0 atom stereocenters. The van der Waals surface area contributed by atoms with Gasteiger partial charge in [0, 0.05) is 0 Å². The molecule has 0 aromatic heterocycles. The van der Waals surface area contributed by atoms with Crippen molar-refractivity contribution in [3.8, 4) is 11.5 Å². The first-order chi connectivity index (χ1) is 24.4. The fourth-order valence-electron chi connectivity index (χ4n) is 3.52. The molecule has 6 aromatic rings. The van der Waals surface area contributed by atoms with Gasteiger partial charge in [-0.2, -0.15) is 53.2 Å². The Balaban J connectivity index is 0.000000285. The molecule has 0 saturated heterocycles. The second-order valence-electron chi connectivity index (χ2n) is 10.0. The molecule has 6 nitrogen and oxygen atoms in total. The first kappa shape index (κ1) is 44.4. The molecule has 0 N–H and O–H groups in total. The van der Waals surface area contributed by atoms with Gasteiger partial charge in [0.1, 0.15) is 21.3 Å². The Morgan fingerprint density at radius 1 is 0.472 bits per heavy atom. The molecule has 6 aromatic carbocycles. The van der Waals surface area contributed by atoms with E-state index in [1.54, 1.807) is 13.8 Å². The quantitative estimate of drug-likeness (QED) is 0.0549. The van der Waals surface area contributed by atoms with Crippen LogP contribution in [0.25, 0.3) is 0 Å². The summed E-state index contributed by atoms with van der Waals surface area (Å²) in [7, 11) is -9.27. The standard InChI is InChI=1S/2C13H7F4O3S.2C5H5.Ti/c2*1-7-2-4-8(5-3-7)21(18,19)20-13-11(16)9(14)6-10(15)12(13)17;2*1-2-4-5-3-1;/h2*2-5H,1H3;2*1-5H;/q4*-1;+4. The Morgan fingerprint density at radius 2 is 0.717 bits per heavy atom. The van der Waals surface area contributed by atoms with Crippen molar-refractivity contribution < 1.29 is 82.0 Å². The largest absolute Gasteiger partial charge is 4.00 e. The van der Waals surface area contributed by atoms with Gasteiger partial charge in [-0.05, 0) is 38.1 Å². The van der Waals surface area contributed by atoms with E-state index in [9.17, 15) is 52.0 Å². The fourth-order valence-corrected chi connectivity index (χ4v) is 5.38. The number of benzene rings is 4. The number of hydrogen-bond donors (Lipinski definition) is 0. The molecular weight excluding hydrogens is 792 g/mol. The summed E-state index contributed by atoms with van der Waals surface area (Å²) >= 11 is 0. The molecule has 0 bridgehead atoms. The third kappa shape index (κ3) is 12.7. The van der Waals surface area contributed by atoms with Crippen molar-refractivity contribution in [2.75, 3.05) is 0 Å². The van der Waals surface area contributed by atoms with Crippen LogP contribution in [0.4, 0.5) is 35.1 Å². The van der Waals surface area contributed by atoms with Crippen LogP contribution < -0.4 is 8.37 Å². The molecule has 0 spiro atoms. The molecule has 0 fully saturated rings. The van der Waals surface area contributed by atoms with Crippen molar-refractivity contribution in [1.29, 1.82) is 0 Å². The van der Waals surface area contributed by atoms with E-state index in [2.05, 4.69) is 8.37 Å². The van der Waals surface area contributed by atoms with Crippen LogP contribution in [0.15, 0.2) is 119 Å². The van der Waals surface area contributed by atoms with Crippen molar-refractivity contribution in [1.82, 2.24) is 0 Å². The van der Waals surface area contributed by atoms with Gasteiger partial charge in [0.05, 0.1) is 46.5 Å². The summed E-state index contributed by atoms with van der Waals surface area (Å²) in [6, 6.07) is 32.4. The van der Waals surface area contributed by atoms with Crippen molar-refractivity contribution in [2.24, 2.45) is 0 Å². The Labute approximate surface area is 315 Å². The molecule has 276 valence electrons. The van der Waals surface area contributed by atoms with Crippen LogP contribution in [0, 0.1) is 72.5 Å². The van der Waals surface area contributed by atoms with E-state index in [0.29, 0.717) is 0 Å². The predicted octanol–water partition coefficient (Wildman–Crippen LogP) is 9.05. The van der Waals surface area contributed by atoms with Crippen LogP contribution in [0.1, 0.15) is 11.1 Å². The van der Waals surface area contributed by atoms with Gasteiger partial charge in [-0.15, -0.1) is 12.1 Å². The third-order valence-corrected chi connectivity index (χ3v) is 8.59. The number of aryl methyl sites for hydroxylation is 2. The summed E-state index contributed by atoms with van der Waals surface area (Å²) in [5, 5.41) is 0. The molecule has 0 heterocycles. The SMILES string of the molecule is Cc1ccc(S(=O)(=O)Oc2c(F)c(F)[c-]c(F)c2F)cc1.Cc1ccc(S(=O)(=O)Oc2c(F)c(F)[c-]c(F)c2F)cc1.[Ti+4].c1cc[cH-]c1.c1cc[cH-]c1. The van der Waals surface area contributed by atoms with E-state index in [1.165, 1.54) is 24.3 Å². The van der Waals surface area contributed by atoms with Gasteiger partial charge in [0.25, 0.3) is 0 Å². The van der Waals surface area contributed by atoms with Gasteiger partial charge in [-0.25, -0.2) is 41.8 Å². The van der Waals surface area contributed by atoms with Crippen LogP contribution in [-0.4, -0.2) is 16.8 Å². The van der Waals surface area contributed by atoms with Crippen molar-refractivity contribution in [2.45, 2.75) is 23.6 Å². The first-order valence-electron chi connectivity index (χ1n) is 14.3. The summed E-state index contributed by atoms with van der Waals surface area (Å²) in [6.45, 7) is 3.38. The Kier molecular flexibility index (Phi) is 16.7. The van der Waals surface area contributed by atoms with Crippen LogP contribution in [-0.2, 0) is 42.0 Å². The number of hydrogen-bond acceptors (Lipinski definition) is 6. The van der Waals surface area contributed by atoms with E-state index in [1.807, 2.05) is 60.7 Å². The summed E-state index contributed by atoms with van der Waals surface area (Å²) in [4.78, 5) is -0.832. The number of rotatable bonds is 6. The van der Waals surface area contributed by atoms with E-state index < -0.39 is 88.1 Å². The molecule has 0 aliphatic rings. The van der Waals surface area contributed by atoms with E-state index in [4.69, 9.17) is 0 Å². The Morgan fingerprint density at radius 3 is 0.925 bits per heavy atom. The predicted molar refractivity (Wildman–Crippen MR) is 172 cm³/mol. The zero-order chi connectivity index (χ0) is 38.6. The maximum absolute atomic E-state index is 13.4. The third-order valence-electron chi connectivity index (χ3n) is 6.12. The summed E-state index contributed by atoms with van der Waals surface area (Å²) in [5.74, 6) is -18.8. The first-order valence-corrected chi connectivity index (χ1v) is 17.1. The number of halogens is 8. The molecule has 0 aliphatic heterocycles. The van der Waals surface area contributed by atoms with Crippen LogP contribution in [0.5, 0.6) is 11.5 Å². The average molecular weight is 817 g/mol. The van der Waals surface area contributed by atoms with Crippen LogP contribution >= 0.6 is 0 Å². The topological polar surface area (TPSA) is 86.7 Å². The smallest absolute Gasteiger partial charge is 0.400 e. The zero-order valence-electron chi connectivity index (χ0n) is 27.2. The van der Waals surface area contributed by atoms with Crippen molar-refractivity contribution in [3.63, 3.8) is 0 Å². The molecule has 0 amide bonds. The van der Waals surface area contributed by atoms with Gasteiger partial charge < -0.3 is 8.37 Å². The fraction of sp³-hybridized carbons (Fsp3) is 0.0556. The Bertz CT molecular complexity index is 2020. The van der Waals surface area contributed by atoms with Gasteiger partial charge in [-0.3, -0.25) is 17.6 Å². The van der Waals surface area contributed by atoms with Gasteiger partial charge in [0.2, 0.25) is 0 Å². The molecule has 0 unspecified atom stereocenters. The molecule has 6 rings (SSSR count). The Hall–Kier alpha value is -4.77. The molecule has 0 aliphatic carbocycles. The summed E-state index contributed by atoms with van der Waals surface area (Å²) in [5.41, 5.74) is 1.47. The normalized spacial score (nSPS) is 10.6. The van der Waals surface area contributed by atoms with Gasteiger partial charge >= 0.3 is 42.0 Å². The maximum Gasteiger partial charge on any atom is 4.00 e. The average Bonchev–Trinajstić information content (AvgIpc) is 3.88. The summed E-state index contributed by atoms with van der Waals surface area (Å²) < 4.78 is 161. The minimum atomic E-state index is -4.64. The monoisotopic (exact) mass is 816 g/mol. The van der Waals surface area contributed by atoms with Crippen molar-refractivity contribution in [3.05, 3.63) is 179 Å². The van der Waals surface area contributed by atoms with Gasteiger partial charge in [0.15, 0.2) is 0 Å². The molecule has 0 saturated carbocycles. The molecular formula is C36H24F8O6S2Ti. The van der Waals surface area contributed by atoms with E-state index in [-0.39, 0.29) is 21.7 Å². The summed E-state index contributed by atoms with van der Waals surface area (Å²) in [6.07, 6.45) is 0. The van der Waals surface area contributed by atoms with Crippen LogP contribution in [0.2, 0.25) is 0 Å². The molecule has 0 radical (unpaired) electrons. The molecule has 17 heteroatoms. The van der Waals surface area contributed by atoms with Crippen molar-refractivity contribution >= 4 is 20.2 Å². The molecule has 53 heavy (non-hydrogen) atoms. The van der Waals surface area contributed by atoms with Gasteiger partial charge in [-0.1, -0.05) is 35.4 Å². The maximum atomic E-state index is 13.4. The minimum absolute atomic E-state index is 0. The van der Waals surface area contributed by atoms with E-state index >= 15 is 0 Å². The van der Waals surface area contributed by atoms with E-state index in [0.717, 1.165) is 47.5 Å². The van der Waals surface area contributed by atoms with Crippen LogP contribution in [0.3, 0.4) is 0 Å². The minimum Gasteiger partial charge on any atom is -0.400 e.